The molecule has 35 heavy (non-hydrogen) atoms. The monoisotopic (exact) mass is 551 g/mol. The minimum absolute atomic E-state index is 0.203. The van der Waals surface area contributed by atoms with Crippen LogP contribution in [0.2, 0.25) is 0 Å². The van der Waals surface area contributed by atoms with E-state index in [1.807, 2.05) is 12.1 Å². The van der Waals surface area contributed by atoms with Gasteiger partial charge in [0.1, 0.15) is 5.52 Å². The summed E-state index contributed by atoms with van der Waals surface area (Å²) >= 11 is 5.12. The zero-order valence-corrected chi connectivity index (χ0v) is 21.6. The van der Waals surface area contributed by atoms with Gasteiger partial charge >= 0.3 is 0 Å². The highest BCUT2D eigenvalue weighted by molar-refractivity contribution is 9.10. The average molecular weight is 552 g/mol. The van der Waals surface area contributed by atoms with Crippen LogP contribution in [0.25, 0.3) is 11.2 Å². The van der Waals surface area contributed by atoms with Crippen LogP contribution in [-0.2, 0) is 6.54 Å². The highest BCUT2D eigenvalue weighted by Crippen LogP contribution is 2.42. The number of hydrogen-bond acceptors (Lipinski definition) is 6. The largest absolute Gasteiger partial charge is 0.454 e. The van der Waals surface area contributed by atoms with E-state index in [0.717, 1.165) is 33.1 Å². The van der Waals surface area contributed by atoms with Gasteiger partial charge in [-0.2, -0.15) is 0 Å². The predicted octanol–water partition coefficient (Wildman–Crippen LogP) is 6.25. The molecule has 7 nitrogen and oxygen atoms in total. The third kappa shape index (κ3) is 4.59. The number of H-pyrrole nitrogens is 1. The summed E-state index contributed by atoms with van der Waals surface area (Å²) in [5.74, 6) is 2.49. The Morgan fingerprint density at radius 1 is 1.11 bits per heavy atom. The molecule has 2 aliphatic rings. The molecular weight excluding hydrogens is 526 g/mol. The first-order chi connectivity index (χ1) is 17.2. The second-order valence-corrected chi connectivity index (χ2v) is 11.0. The topological polar surface area (TPSA) is 88.8 Å². The number of nitrogens with zero attached hydrogens (tertiary/aromatic N) is 3. The van der Waals surface area contributed by atoms with Crippen molar-refractivity contribution >= 4 is 38.9 Å². The first kappa shape index (κ1) is 22.7. The first-order valence-corrected chi connectivity index (χ1v) is 13.6. The number of benzene rings is 2. The van der Waals surface area contributed by atoms with Crippen LogP contribution in [0.3, 0.4) is 0 Å². The Labute approximate surface area is 215 Å². The molecule has 2 N–H and O–H groups in total. The molecule has 3 heterocycles. The standard InChI is InChI=1S/C26H26BrN5O2S/c27-19-11-20-21(34-15-33-20)12-22(19)35-26-30-23-24(28)29-14-32(25(23)31-26)13-18(16-7-3-1-4-8-16)17-9-5-2-6-10-17/h1,3-4,7-8,11-12,14,17-18,28H,2,5-6,9-10,13,15H2,(H,30,31). The molecule has 0 amide bonds. The maximum atomic E-state index is 8.39. The number of hydrogen-bond donors (Lipinski definition) is 2. The number of imidazole rings is 1. The second kappa shape index (κ2) is 9.70. The van der Waals surface area contributed by atoms with Crippen molar-refractivity contribution < 1.29 is 9.47 Å². The summed E-state index contributed by atoms with van der Waals surface area (Å²) in [6.45, 7) is 1.03. The lowest BCUT2D eigenvalue weighted by atomic mass is 9.76. The van der Waals surface area contributed by atoms with Gasteiger partial charge in [0.05, 0.1) is 6.33 Å². The predicted molar refractivity (Wildman–Crippen MR) is 138 cm³/mol. The van der Waals surface area contributed by atoms with E-state index < -0.39 is 0 Å². The summed E-state index contributed by atoms with van der Waals surface area (Å²) in [4.78, 5) is 13.6. The third-order valence-corrected chi connectivity index (χ3v) is 8.83. The maximum absolute atomic E-state index is 8.39. The molecule has 1 fully saturated rings. The number of ether oxygens (including phenoxy) is 2. The van der Waals surface area contributed by atoms with Gasteiger partial charge in [0.2, 0.25) is 6.79 Å². The Hall–Kier alpha value is -2.78. The number of fused-ring (bicyclic) bond motifs is 2. The molecule has 4 aromatic rings. The van der Waals surface area contributed by atoms with Crippen molar-refractivity contribution in [2.24, 2.45) is 5.92 Å². The van der Waals surface area contributed by atoms with E-state index in [2.05, 4.69) is 60.8 Å². The normalized spacial score (nSPS) is 16.6. The van der Waals surface area contributed by atoms with Gasteiger partial charge < -0.3 is 19.0 Å². The van der Waals surface area contributed by atoms with Crippen LogP contribution in [0, 0.1) is 11.3 Å². The van der Waals surface area contributed by atoms with E-state index in [1.54, 1.807) is 6.33 Å². The van der Waals surface area contributed by atoms with Crippen molar-refractivity contribution in [2.75, 3.05) is 6.79 Å². The molecule has 0 bridgehead atoms. The van der Waals surface area contributed by atoms with Gasteiger partial charge in [-0.25, -0.2) is 9.97 Å². The van der Waals surface area contributed by atoms with Crippen molar-refractivity contribution in [3.05, 3.63) is 64.3 Å². The smallest absolute Gasteiger partial charge is 0.231 e. The molecular formula is C26H26BrN5O2S. The maximum Gasteiger partial charge on any atom is 0.231 e. The van der Waals surface area contributed by atoms with Gasteiger partial charge in [-0.3, -0.25) is 5.41 Å². The fourth-order valence-electron chi connectivity index (χ4n) is 5.20. The fraction of sp³-hybridized carbons (Fsp3) is 0.346. The van der Waals surface area contributed by atoms with E-state index >= 15 is 0 Å². The zero-order chi connectivity index (χ0) is 23.8. The summed E-state index contributed by atoms with van der Waals surface area (Å²) in [6, 6.07) is 14.7. The number of rotatable bonds is 6. The Morgan fingerprint density at radius 3 is 2.69 bits per heavy atom. The van der Waals surface area contributed by atoms with Crippen LogP contribution in [0.15, 0.2) is 63.3 Å². The van der Waals surface area contributed by atoms with Crippen molar-refractivity contribution in [3.63, 3.8) is 0 Å². The van der Waals surface area contributed by atoms with Crippen LogP contribution >= 0.6 is 27.7 Å². The molecule has 1 aliphatic heterocycles. The van der Waals surface area contributed by atoms with Crippen molar-refractivity contribution in [3.8, 4) is 11.5 Å². The molecule has 9 heteroatoms. The molecule has 1 atom stereocenters. The molecule has 180 valence electrons. The van der Waals surface area contributed by atoms with Gasteiger partial charge in [0.25, 0.3) is 0 Å². The Balaban J connectivity index is 1.35. The van der Waals surface area contributed by atoms with Gasteiger partial charge in [0.15, 0.2) is 27.8 Å². The minimum atomic E-state index is 0.203. The molecule has 2 aromatic carbocycles. The lowest BCUT2D eigenvalue weighted by molar-refractivity contribution is 0.174. The fourth-order valence-corrected chi connectivity index (χ4v) is 6.58. The van der Waals surface area contributed by atoms with E-state index in [-0.39, 0.29) is 12.3 Å². The third-order valence-electron chi connectivity index (χ3n) is 6.97. The summed E-state index contributed by atoms with van der Waals surface area (Å²) in [6.07, 6.45) is 8.21. The van der Waals surface area contributed by atoms with E-state index in [9.17, 15) is 0 Å². The zero-order valence-electron chi connectivity index (χ0n) is 19.2. The number of halogens is 1. The summed E-state index contributed by atoms with van der Waals surface area (Å²) in [5.41, 5.74) is 2.99. The minimum Gasteiger partial charge on any atom is -0.454 e. The highest BCUT2D eigenvalue weighted by atomic mass is 79.9. The van der Waals surface area contributed by atoms with Crippen molar-refractivity contribution in [2.45, 2.75) is 54.6 Å². The Bertz CT molecular complexity index is 1410. The quantitative estimate of drug-likeness (QED) is 0.296. The van der Waals surface area contributed by atoms with Crippen molar-refractivity contribution in [1.82, 2.24) is 19.5 Å². The average Bonchev–Trinajstić information content (AvgIpc) is 3.52. The lowest BCUT2D eigenvalue weighted by Crippen LogP contribution is -2.23. The second-order valence-electron chi connectivity index (χ2n) is 9.14. The summed E-state index contributed by atoms with van der Waals surface area (Å²) in [7, 11) is 0. The van der Waals surface area contributed by atoms with Gasteiger partial charge in [-0.05, 0) is 52.4 Å². The molecule has 1 unspecified atom stereocenters. The van der Waals surface area contributed by atoms with E-state index in [0.29, 0.717) is 22.5 Å². The van der Waals surface area contributed by atoms with Crippen LogP contribution < -0.4 is 15.0 Å². The number of aromatic amines is 1. The van der Waals surface area contributed by atoms with Crippen LogP contribution in [0.4, 0.5) is 0 Å². The van der Waals surface area contributed by atoms with Crippen LogP contribution in [0.5, 0.6) is 11.5 Å². The molecule has 0 saturated heterocycles. The van der Waals surface area contributed by atoms with Gasteiger partial charge in [-0.15, -0.1) is 0 Å². The Kier molecular flexibility index (Phi) is 6.28. The van der Waals surface area contributed by atoms with Gasteiger partial charge in [0, 0.05) is 21.8 Å². The molecule has 0 spiro atoms. The number of nitrogens with one attached hydrogen (secondary N) is 2. The molecule has 1 saturated carbocycles. The first-order valence-electron chi connectivity index (χ1n) is 12.0. The SMILES string of the molecule is N=c1ncn(CC(c2ccccc2)C2CCCCC2)c2nc(Sc3cc4c(cc3Br)OCO4)[nH]c12. The van der Waals surface area contributed by atoms with Crippen LogP contribution in [0.1, 0.15) is 43.6 Å². The van der Waals surface area contributed by atoms with Crippen molar-refractivity contribution in [1.29, 1.82) is 5.41 Å². The molecule has 2 aromatic heterocycles. The molecule has 6 rings (SSSR count). The van der Waals surface area contributed by atoms with Gasteiger partial charge in [-0.1, -0.05) is 61.4 Å². The van der Waals surface area contributed by atoms with Crippen LogP contribution in [-0.4, -0.2) is 26.3 Å². The molecule has 0 radical (unpaired) electrons. The summed E-state index contributed by atoms with van der Waals surface area (Å²) in [5, 5.41) is 9.10. The Morgan fingerprint density at radius 2 is 1.89 bits per heavy atom. The van der Waals surface area contributed by atoms with E-state index in [4.69, 9.17) is 19.9 Å². The van der Waals surface area contributed by atoms with E-state index in [1.165, 1.54) is 49.4 Å². The molecule has 1 aliphatic carbocycles. The lowest BCUT2D eigenvalue weighted by Gasteiger charge is -2.31. The summed E-state index contributed by atoms with van der Waals surface area (Å²) < 4.78 is 14.0. The highest BCUT2D eigenvalue weighted by Gasteiger charge is 2.26. The number of aromatic nitrogens is 4.